The highest BCUT2D eigenvalue weighted by Gasteiger charge is 2.14. The monoisotopic (exact) mass is 347 g/mol. The molecule has 1 amide bonds. The van der Waals surface area contributed by atoms with E-state index in [1.165, 1.54) is 5.56 Å². The smallest absolute Gasteiger partial charge is 0.279 e. The van der Waals surface area contributed by atoms with Crippen molar-refractivity contribution in [2.75, 3.05) is 26.0 Å². The molecule has 24 heavy (non-hydrogen) atoms. The van der Waals surface area contributed by atoms with Crippen LogP contribution in [0.4, 0.5) is 5.69 Å². The van der Waals surface area contributed by atoms with Gasteiger partial charge in [0.1, 0.15) is 12.3 Å². The van der Waals surface area contributed by atoms with Crippen molar-refractivity contribution >= 4 is 23.2 Å². The van der Waals surface area contributed by atoms with Gasteiger partial charge in [0.2, 0.25) is 0 Å². The highest BCUT2D eigenvalue weighted by molar-refractivity contribution is 6.31. The average Bonchev–Trinajstić information content (AvgIpc) is 2.52. The Bertz CT molecular complexity index is 731. The molecule has 0 radical (unpaired) electrons. The Morgan fingerprint density at radius 1 is 1.25 bits per heavy atom. The maximum atomic E-state index is 12.3. The largest absolute Gasteiger partial charge is 0.496 e. The van der Waals surface area contributed by atoms with Gasteiger partial charge in [-0.1, -0.05) is 29.3 Å². The second kappa shape index (κ2) is 8.18. The molecular formula is C19H24ClN2O2+. The summed E-state index contributed by atoms with van der Waals surface area (Å²) in [4.78, 5) is 13.4. The molecule has 5 heteroatoms. The van der Waals surface area contributed by atoms with Crippen molar-refractivity contribution in [2.45, 2.75) is 20.4 Å². The molecule has 2 rings (SSSR count). The summed E-state index contributed by atoms with van der Waals surface area (Å²) in [6, 6.07) is 11.6. The molecule has 0 saturated carbocycles. The first kappa shape index (κ1) is 18.3. The molecule has 0 bridgehead atoms. The van der Waals surface area contributed by atoms with Crippen LogP contribution in [0.1, 0.15) is 16.7 Å². The zero-order valence-corrected chi connectivity index (χ0v) is 15.3. The number of amides is 1. The summed E-state index contributed by atoms with van der Waals surface area (Å²) in [7, 11) is 3.66. The number of hydrogen-bond acceptors (Lipinski definition) is 2. The van der Waals surface area contributed by atoms with Gasteiger partial charge in [-0.25, -0.2) is 0 Å². The minimum Gasteiger partial charge on any atom is -0.496 e. The Hall–Kier alpha value is -2.04. The molecule has 4 nitrogen and oxygen atoms in total. The quantitative estimate of drug-likeness (QED) is 0.843. The maximum absolute atomic E-state index is 12.3. The van der Waals surface area contributed by atoms with Crippen LogP contribution in [0.15, 0.2) is 36.4 Å². The maximum Gasteiger partial charge on any atom is 0.279 e. The van der Waals surface area contributed by atoms with E-state index in [0.29, 0.717) is 18.1 Å². The standard InChI is InChI=1S/C19H23ClN2O2/c1-13-8-9-18(24-4)15(10-13)11-22(3)12-19(23)21-17-7-5-6-16(20)14(17)2/h5-10H,11-12H2,1-4H3,(H,21,23)/p+1. The summed E-state index contributed by atoms with van der Waals surface area (Å²) in [6.45, 7) is 5.02. The normalized spacial score (nSPS) is 11.9. The summed E-state index contributed by atoms with van der Waals surface area (Å²) in [5.74, 6) is 0.815. The average molecular weight is 348 g/mol. The van der Waals surface area contributed by atoms with Gasteiger partial charge < -0.3 is 15.0 Å². The zero-order valence-electron chi connectivity index (χ0n) is 14.6. The SMILES string of the molecule is COc1ccc(C)cc1C[NH+](C)CC(=O)Nc1cccc(Cl)c1C. The van der Waals surface area contributed by atoms with E-state index < -0.39 is 0 Å². The van der Waals surface area contributed by atoms with Crippen LogP contribution in [-0.2, 0) is 11.3 Å². The molecule has 0 aromatic heterocycles. The van der Waals surface area contributed by atoms with Gasteiger partial charge in [0.25, 0.3) is 5.91 Å². The van der Waals surface area contributed by atoms with E-state index in [-0.39, 0.29) is 5.91 Å². The van der Waals surface area contributed by atoms with Gasteiger partial charge in [-0.05, 0) is 43.7 Å². The fourth-order valence-electron chi connectivity index (χ4n) is 2.64. The highest BCUT2D eigenvalue weighted by atomic mass is 35.5. The number of benzene rings is 2. The van der Waals surface area contributed by atoms with Crippen molar-refractivity contribution in [1.82, 2.24) is 0 Å². The lowest BCUT2D eigenvalue weighted by atomic mass is 10.1. The minimum absolute atomic E-state index is 0.0375. The van der Waals surface area contributed by atoms with Gasteiger partial charge in [0.15, 0.2) is 6.54 Å². The lowest BCUT2D eigenvalue weighted by molar-refractivity contribution is -0.885. The van der Waals surface area contributed by atoms with E-state index >= 15 is 0 Å². The Labute approximate surface area is 148 Å². The molecule has 0 saturated heterocycles. The molecule has 128 valence electrons. The number of quaternary nitrogens is 1. The van der Waals surface area contributed by atoms with Crippen molar-refractivity contribution < 1.29 is 14.4 Å². The predicted octanol–water partition coefficient (Wildman–Crippen LogP) is 2.62. The molecule has 1 unspecified atom stereocenters. The number of nitrogens with one attached hydrogen (secondary N) is 2. The van der Waals surface area contributed by atoms with Crippen molar-refractivity contribution in [1.29, 1.82) is 0 Å². The van der Waals surface area contributed by atoms with Gasteiger partial charge in [0.05, 0.1) is 14.2 Å². The van der Waals surface area contributed by atoms with Gasteiger partial charge in [-0.2, -0.15) is 0 Å². The van der Waals surface area contributed by atoms with E-state index in [0.717, 1.165) is 27.5 Å². The van der Waals surface area contributed by atoms with Gasteiger partial charge >= 0.3 is 0 Å². The molecule has 0 spiro atoms. The molecular weight excluding hydrogens is 324 g/mol. The van der Waals surface area contributed by atoms with Crippen LogP contribution in [0.2, 0.25) is 5.02 Å². The van der Waals surface area contributed by atoms with Crippen molar-refractivity contribution in [3.05, 3.63) is 58.1 Å². The third-order valence-corrected chi connectivity index (χ3v) is 4.34. The Kier molecular flexibility index (Phi) is 6.23. The van der Waals surface area contributed by atoms with Crippen LogP contribution in [-0.4, -0.2) is 26.6 Å². The van der Waals surface area contributed by atoms with E-state index in [2.05, 4.69) is 11.4 Å². The molecule has 0 fully saturated rings. The molecule has 0 heterocycles. The summed E-state index contributed by atoms with van der Waals surface area (Å²) in [6.07, 6.45) is 0. The topological polar surface area (TPSA) is 42.8 Å². The summed E-state index contributed by atoms with van der Waals surface area (Å²) in [5, 5.41) is 3.58. The van der Waals surface area contributed by atoms with Crippen LogP contribution in [0.5, 0.6) is 5.75 Å². The third kappa shape index (κ3) is 4.73. The number of rotatable bonds is 6. The fraction of sp³-hybridized carbons (Fsp3) is 0.316. The molecule has 2 N–H and O–H groups in total. The highest BCUT2D eigenvalue weighted by Crippen LogP contribution is 2.22. The van der Waals surface area contributed by atoms with Crippen LogP contribution < -0.4 is 15.0 Å². The number of hydrogen-bond donors (Lipinski definition) is 2. The number of carbonyl (C=O) groups excluding carboxylic acids is 1. The summed E-state index contributed by atoms with van der Waals surface area (Å²) < 4.78 is 5.40. The second-order valence-electron chi connectivity index (χ2n) is 6.09. The number of likely N-dealkylation sites (N-methyl/N-ethyl adjacent to an activating group) is 1. The predicted molar refractivity (Wildman–Crippen MR) is 98.0 cm³/mol. The van der Waals surface area contributed by atoms with Gasteiger partial charge in [-0.15, -0.1) is 0 Å². The Morgan fingerprint density at radius 3 is 2.71 bits per heavy atom. The molecule has 2 aromatic carbocycles. The number of halogens is 1. The number of anilines is 1. The summed E-state index contributed by atoms with van der Waals surface area (Å²) in [5.41, 5.74) is 3.92. The Morgan fingerprint density at radius 2 is 2.00 bits per heavy atom. The molecule has 0 aliphatic heterocycles. The first-order chi connectivity index (χ1) is 11.4. The van der Waals surface area contributed by atoms with Gasteiger partial charge in [0, 0.05) is 16.3 Å². The van der Waals surface area contributed by atoms with Crippen molar-refractivity contribution in [3.63, 3.8) is 0 Å². The Balaban J connectivity index is 1.99. The zero-order chi connectivity index (χ0) is 17.7. The molecule has 1 atom stereocenters. The number of methoxy groups -OCH3 is 1. The fourth-order valence-corrected chi connectivity index (χ4v) is 2.82. The molecule has 0 aliphatic carbocycles. The van der Waals surface area contributed by atoms with E-state index in [4.69, 9.17) is 16.3 Å². The van der Waals surface area contributed by atoms with Gasteiger partial charge in [-0.3, -0.25) is 4.79 Å². The number of aryl methyl sites for hydroxylation is 1. The van der Waals surface area contributed by atoms with E-state index in [1.807, 2.05) is 51.2 Å². The molecule has 0 aliphatic rings. The van der Waals surface area contributed by atoms with Crippen molar-refractivity contribution in [3.8, 4) is 5.75 Å². The second-order valence-corrected chi connectivity index (χ2v) is 6.49. The minimum atomic E-state index is -0.0375. The number of ether oxygens (including phenoxy) is 1. The van der Waals surface area contributed by atoms with Crippen molar-refractivity contribution in [2.24, 2.45) is 0 Å². The van der Waals surface area contributed by atoms with E-state index in [1.54, 1.807) is 7.11 Å². The van der Waals surface area contributed by atoms with Crippen LogP contribution >= 0.6 is 11.6 Å². The molecule has 2 aromatic rings. The van der Waals surface area contributed by atoms with Crippen LogP contribution in [0.25, 0.3) is 0 Å². The lowest BCUT2D eigenvalue weighted by Gasteiger charge is -2.17. The first-order valence-corrected chi connectivity index (χ1v) is 8.28. The van der Waals surface area contributed by atoms with E-state index in [9.17, 15) is 4.79 Å². The van der Waals surface area contributed by atoms with Crippen LogP contribution in [0, 0.1) is 13.8 Å². The summed E-state index contributed by atoms with van der Waals surface area (Å²) >= 11 is 6.09. The van der Waals surface area contributed by atoms with Crippen LogP contribution in [0.3, 0.4) is 0 Å². The number of carbonyl (C=O) groups is 1. The first-order valence-electron chi connectivity index (χ1n) is 7.90. The lowest BCUT2D eigenvalue weighted by Crippen LogP contribution is -3.08. The third-order valence-electron chi connectivity index (χ3n) is 3.93.